The Morgan fingerprint density at radius 2 is 2.40 bits per heavy atom. The summed E-state index contributed by atoms with van der Waals surface area (Å²) in [4.78, 5) is 21.6. The predicted octanol–water partition coefficient (Wildman–Crippen LogP) is 0.547. The van der Waals surface area contributed by atoms with Gasteiger partial charge in [0, 0.05) is 11.8 Å². The van der Waals surface area contributed by atoms with E-state index in [1.54, 1.807) is 6.92 Å². The van der Waals surface area contributed by atoms with Crippen molar-refractivity contribution in [1.82, 2.24) is 14.8 Å². The van der Waals surface area contributed by atoms with Crippen LogP contribution in [0.15, 0.2) is 9.95 Å². The molecule has 1 aromatic heterocycles. The molecule has 0 fully saturated rings. The van der Waals surface area contributed by atoms with Crippen molar-refractivity contribution < 1.29 is 9.90 Å². The number of hydrogen-bond donors (Lipinski definition) is 2. The van der Waals surface area contributed by atoms with Crippen LogP contribution in [0.25, 0.3) is 0 Å². The quantitative estimate of drug-likeness (QED) is 0.722. The first-order valence-electron chi connectivity index (χ1n) is 4.58. The molecule has 0 bridgehead atoms. The van der Waals surface area contributed by atoms with Crippen LogP contribution in [0.3, 0.4) is 0 Å². The van der Waals surface area contributed by atoms with E-state index in [9.17, 15) is 9.59 Å². The molecule has 1 aromatic rings. The van der Waals surface area contributed by atoms with Gasteiger partial charge >= 0.3 is 11.7 Å². The second-order valence-electron chi connectivity index (χ2n) is 3.08. The lowest BCUT2D eigenvalue weighted by atomic mass is 10.3. The summed E-state index contributed by atoms with van der Waals surface area (Å²) < 4.78 is 1.48. The highest BCUT2D eigenvalue weighted by Gasteiger charge is 2.14. The Kier molecular flexibility index (Phi) is 3.96. The Morgan fingerprint density at radius 1 is 1.73 bits per heavy atom. The van der Waals surface area contributed by atoms with Crippen molar-refractivity contribution >= 4 is 17.7 Å². The van der Waals surface area contributed by atoms with Crippen LogP contribution in [0.1, 0.15) is 20.3 Å². The fourth-order valence-electron chi connectivity index (χ4n) is 1.14. The molecule has 0 aliphatic heterocycles. The van der Waals surface area contributed by atoms with Gasteiger partial charge in [-0.1, -0.05) is 18.7 Å². The van der Waals surface area contributed by atoms with Gasteiger partial charge in [0.05, 0.1) is 6.42 Å². The van der Waals surface area contributed by atoms with Gasteiger partial charge in [-0.3, -0.25) is 9.36 Å². The lowest BCUT2D eigenvalue weighted by Crippen LogP contribution is -2.17. The Bertz CT molecular complexity index is 398. The zero-order valence-corrected chi connectivity index (χ0v) is 9.37. The summed E-state index contributed by atoms with van der Waals surface area (Å²) in [6, 6.07) is 0. The smallest absolute Gasteiger partial charge is 0.343 e. The molecule has 1 rings (SSSR count). The third kappa shape index (κ3) is 3.12. The topological polar surface area (TPSA) is 88.0 Å². The van der Waals surface area contributed by atoms with Crippen LogP contribution in [0, 0.1) is 0 Å². The van der Waals surface area contributed by atoms with Crippen LogP contribution in [0.2, 0.25) is 0 Å². The van der Waals surface area contributed by atoms with E-state index < -0.39 is 5.97 Å². The van der Waals surface area contributed by atoms with Crippen LogP contribution < -0.4 is 5.69 Å². The standard InChI is InChI=1S/C8H13N3O3S/c1-3-11-7(14)9-10-8(11)15-5(2)4-6(12)13/h5H,3-4H2,1-2H3,(H,9,14)(H,12,13). The molecule has 0 aliphatic rings. The van der Waals surface area contributed by atoms with Crippen LogP contribution in [-0.4, -0.2) is 31.1 Å². The average Bonchev–Trinajstić information content (AvgIpc) is 2.45. The largest absolute Gasteiger partial charge is 0.481 e. The lowest BCUT2D eigenvalue weighted by Gasteiger charge is -2.07. The molecule has 2 N–H and O–H groups in total. The SMILES string of the molecule is CCn1c(SC(C)CC(=O)O)n[nH]c1=O. The summed E-state index contributed by atoms with van der Waals surface area (Å²) in [6.45, 7) is 4.15. The van der Waals surface area contributed by atoms with Crippen LogP contribution in [-0.2, 0) is 11.3 Å². The van der Waals surface area contributed by atoms with Gasteiger partial charge < -0.3 is 5.11 Å². The maximum atomic E-state index is 11.2. The molecule has 0 spiro atoms. The van der Waals surface area contributed by atoms with E-state index in [2.05, 4.69) is 10.2 Å². The molecular weight excluding hydrogens is 218 g/mol. The van der Waals surface area contributed by atoms with E-state index >= 15 is 0 Å². The average molecular weight is 231 g/mol. The maximum Gasteiger partial charge on any atom is 0.343 e. The molecule has 0 saturated carbocycles. The van der Waals surface area contributed by atoms with E-state index in [0.717, 1.165) is 0 Å². The number of nitrogens with one attached hydrogen (secondary N) is 1. The van der Waals surface area contributed by atoms with Crippen molar-refractivity contribution in [1.29, 1.82) is 0 Å². The van der Waals surface area contributed by atoms with Crippen molar-refractivity contribution in [2.24, 2.45) is 0 Å². The Balaban J connectivity index is 2.72. The molecule has 6 nitrogen and oxygen atoms in total. The van der Waals surface area contributed by atoms with Crippen molar-refractivity contribution in [3.8, 4) is 0 Å². The summed E-state index contributed by atoms with van der Waals surface area (Å²) in [6.07, 6.45) is 0.0510. The van der Waals surface area contributed by atoms with Gasteiger partial charge in [0.1, 0.15) is 0 Å². The maximum absolute atomic E-state index is 11.2. The second kappa shape index (κ2) is 5.01. The molecule has 1 atom stereocenters. The Hall–Kier alpha value is -1.24. The van der Waals surface area contributed by atoms with Crippen molar-refractivity contribution in [3.05, 3.63) is 10.5 Å². The molecule has 0 amide bonds. The molecule has 1 unspecified atom stereocenters. The number of thioether (sulfide) groups is 1. The van der Waals surface area contributed by atoms with E-state index in [1.165, 1.54) is 16.3 Å². The number of aromatic nitrogens is 3. The minimum Gasteiger partial charge on any atom is -0.481 e. The van der Waals surface area contributed by atoms with Gasteiger partial charge in [0.15, 0.2) is 5.16 Å². The normalized spacial score (nSPS) is 12.7. The summed E-state index contributed by atoms with van der Waals surface area (Å²) >= 11 is 1.28. The number of aliphatic carboxylic acids is 1. The number of rotatable bonds is 5. The monoisotopic (exact) mass is 231 g/mol. The minimum atomic E-state index is -0.851. The second-order valence-corrected chi connectivity index (χ2v) is 4.49. The van der Waals surface area contributed by atoms with Gasteiger partial charge in [-0.15, -0.1) is 5.10 Å². The molecule has 0 radical (unpaired) electrons. The zero-order valence-electron chi connectivity index (χ0n) is 8.56. The molecule has 15 heavy (non-hydrogen) atoms. The van der Waals surface area contributed by atoms with Gasteiger partial charge in [0.25, 0.3) is 0 Å². The number of hydrogen-bond acceptors (Lipinski definition) is 4. The molecule has 0 saturated heterocycles. The number of nitrogens with zero attached hydrogens (tertiary/aromatic N) is 2. The van der Waals surface area contributed by atoms with Crippen LogP contribution >= 0.6 is 11.8 Å². The fraction of sp³-hybridized carbons (Fsp3) is 0.625. The first-order chi connectivity index (χ1) is 7.04. The van der Waals surface area contributed by atoms with Crippen LogP contribution in [0.4, 0.5) is 0 Å². The highest BCUT2D eigenvalue weighted by molar-refractivity contribution is 7.99. The van der Waals surface area contributed by atoms with E-state index in [0.29, 0.717) is 11.7 Å². The van der Waals surface area contributed by atoms with Crippen LogP contribution in [0.5, 0.6) is 0 Å². The summed E-state index contributed by atoms with van der Waals surface area (Å²) in [5, 5.41) is 15.2. The third-order valence-electron chi connectivity index (χ3n) is 1.81. The Morgan fingerprint density at radius 3 is 2.93 bits per heavy atom. The molecule has 84 valence electrons. The van der Waals surface area contributed by atoms with E-state index in [4.69, 9.17) is 5.11 Å². The van der Waals surface area contributed by atoms with Crippen molar-refractivity contribution in [2.75, 3.05) is 0 Å². The highest BCUT2D eigenvalue weighted by atomic mass is 32.2. The number of carboxylic acids is 1. The third-order valence-corrected chi connectivity index (χ3v) is 2.90. The molecule has 7 heteroatoms. The first kappa shape index (κ1) is 11.8. The minimum absolute atomic E-state index is 0.0510. The van der Waals surface area contributed by atoms with Gasteiger partial charge in [-0.25, -0.2) is 9.89 Å². The summed E-state index contributed by atoms with van der Waals surface area (Å²) in [5.74, 6) is -0.851. The highest BCUT2D eigenvalue weighted by Crippen LogP contribution is 2.21. The molecular formula is C8H13N3O3S. The van der Waals surface area contributed by atoms with E-state index in [1.807, 2.05) is 6.92 Å². The predicted molar refractivity (Wildman–Crippen MR) is 56.1 cm³/mol. The lowest BCUT2D eigenvalue weighted by molar-refractivity contribution is -0.136. The molecule has 0 aliphatic carbocycles. The van der Waals surface area contributed by atoms with Crippen molar-refractivity contribution in [3.63, 3.8) is 0 Å². The molecule has 1 heterocycles. The van der Waals surface area contributed by atoms with Gasteiger partial charge in [-0.05, 0) is 6.92 Å². The summed E-state index contributed by atoms with van der Waals surface area (Å²) in [5.41, 5.74) is -0.262. The summed E-state index contributed by atoms with van der Waals surface area (Å²) in [7, 11) is 0. The number of aromatic amines is 1. The first-order valence-corrected chi connectivity index (χ1v) is 5.46. The van der Waals surface area contributed by atoms with Gasteiger partial charge in [-0.2, -0.15) is 0 Å². The van der Waals surface area contributed by atoms with Crippen molar-refractivity contribution in [2.45, 2.75) is 37.2 Å². The van der Waals surface area contributed by atoms with E-state index in [-0.39, 0.29) is 17.4 Å². The zero-order chi connectivity index (χ0) is 11.4. The number of H-pyrrole nitrogens is 1. The Labute approximate surface area is 90.7 Å². The fourth-order valence-corrected chi connectivity index (χ4v) is 2.16. The number of carboxylic acid groups (broad SMARTS) is 1. The van der Waals surface area contributed by atoms with Gasteiger partial charge in [0.2, 0.25) is 0 Å². The number of carbonyl (C=O) groups is 1. The molecule has 0 aromatic carbocycles.